The van der Waals surface area contributed by atoms with Crippen molar-refractivity contribution in [1.82, 2.24) is 5.32 Å². The fourth-order valence-corrected chi connectivity index (χ4v) is 3.62. The zero-order chi connectivity index (χ0) is 25.6. The second kappa shape index (κ2) is 11.0. The summed E-state index contributed by atoms with van der Waals surface area (Å²) >= 11 is 0. The highest BCUT2D eigenvalue weighted by Crippen LogP contribution is 2.38. The molecular weight excluding hydrogens is 453 g/mol. The topological polar surface area (TPSA) is 66.0 Å². The van der Waals surface area contributed by atoms with Gasteiger partial charge in [-0.1, -0.05) is 66.7 Å². The standard InChI is InChI=1S/C29H32BNO5/c1-28(2)29(3,4)36-30(35-28)24(20-31-27(32)33-21-23-11-7-5-8-12-23)19-22-15-17-26(18-16-22)34-25-13-9-6-10-14-25/h5-19H,20-21H2,1-4H3,(H,31,32). The van der Waals surface area contributed by atoms with Gasteiger partial charge >= 0.3 is 13.2 Å². The molecule has 1 heterocycles. The van der Waals surface area contributed by atoms with Crippen molar-refractivity contribution in [2.24, 2.45) is 0 Å². The predicted octanol–water partition coefficient (Wildman–Crippen LogP) is 6.42. The summed E-state index contributed by atoms with van der Waals surface area (Å²) in [5.41, 5.74) is 1.63. The Labute approximate surface area is 213 Å². The van der Waals surface area contributed by atoms with Gasteiger partial charge in [0.2, 0.25) is 0 Å². The average Bonchev–Trinajstić information content (AvgIpc) is 3.09. The molecule has 0 aliphatic carbocycles. The third-order valence-electron chi connectivity index (χ3n) is 6.42. The van der Waals surface area contributed by atoms with Crippen LogP contribution in [-0.4, -0.2) is 31.0 Å². The monoisotopic (exact) mass is 485 g/mol. The fourth-order valence-electron chi connectivity index (χ4n) is 3.62. The van der Waals surface area contributed by atoms with E-state index in [1.807, 2.05) is 119 Å². The molecule has 4 rings (SSSR count). The number of hydrogen-bond donors (Lipinski definition) is 1. The molecule has 36 heavy (non-hydrogen) atoms. The average molecular weight is 485 g/mol. The number of carbonyl (C=O) groups is 1. The molecule has 3 aromatic rings. The first-order valence-electron chi connectivity index (χ1n) is 12.1. The first-order chi connectivity index (χ1) is 17.2. The molecule has 0 bridgehead atoms. The Morgan fingerprint density at radius 1 is 0.833 bits per heavy atom. The van der Waals surface area contributed by atoms with Gasteiger partial charge in [0.1, 0.15) is 18.1 Å². The van der Waals surface area contributed by atoms with E-state index in [4.69, 9.17) is 18.8 Å². The SMILES string of the molecule is CC1(C)OB(C(=Cc2ccc(Oc3ccccc3)cc2)CNC(=O)OCc2ccccc2)OC1(C)C. The third kappa shape index (κ3) is 6.56. The minimum Gasteiger partial charge on any atom is -0.457 e. The van der Waals surface area contributed by atoms with Crippen LogP contribution in [0.15, 0.2) is 90.4 Å². The van der Waals surface area contributed by atoms with Crippen LogP contribution >= 0.6 is 0 Å². The lowest BCUT2D eigenvalue weighted by atomic mass is 9.77. The van der Waals surface area contributed by atoms with Crippen LogP contribution in [0, 0.1) is 0 Å². The highest BCUT2D eigenvalue weighted by molar-refractivity contribution is 6.56. The number of alkyl carbamates (subject to hydrolysis) is 1. The van der Waals surface area contributed by atoms with Crippen molar-refractivity contribution in [3.63, 3.8) is 0 Å². The van der Waals surface area contributed by atoms with Crippen molar-refractivity contribution in [3.8, 4) is 11.5 Å². The zero-order valence-corrected chi connectivity index (χ0v) is 21.2. The van der Waals surface area contributed by atoms with Crippen molar-refractivity contribution in [3.05, 3.63) is 102 Å². The van der Waals surface area contributed by atoms with E-state index >= 15 is 0 Å². The van der Waals surface area contributed by atoms with Gasteiger partial charge in [-0.3, -0.25) is 0 Å². The van der Waals surface area contributed by atoms with Crippen LogP contribution in [0.5, 0.6) is 11.5 Å². The maximum absolute atomic E-state index is 12.4. The first-order valence-corrected chi connectivity index (χ1v) is 12.1. The normalized spacial score (nSPS) is 16.4. The maximum atomic E-state index is 12.4. The van der Waals surface area contributed by atoms with Gasteiger partial charge in [0.25, 0.3) is 0 Å². The van der Waals surface area contributed by atoms with Gasteiger partial charge in [0, 0.05) is 6.54 Å². The Kier molecular flexibility index (Phi) is 7.82. The quantitative estimate of drug-likeness (QED) is 0.373. The summed E-state index contributed by atoms with van der Waals surface area (Å²) in [7, 11) is -0.607. The number of nitrogens with one attached hydrogen (secondary N) is 1. The molecular formula is C29H32BNO5. The zero-order valence-electron chi connectivity index (χ0n) is 21.2. The van der Waals surface area contributed by atoms with Crippen LogP contribution in [-0.2, 0) is 20.7 Å². The smallest absolute Gasteiger partial charge is 0.457 e. The summed E-state index contributed by atoms with van der Waals surface area (Å²) in [5, 5.41) is 2.83. The molecule has 1 aliphatic heterocycles. The van der Waals surface area contributed by atoms with Crippen LogP contribution in [0.4, 0.5) is 4.79 Å². The number of amides is 1. The Bertz CT molecular complexity index is 1160. The van der Waals surface area contributed by atoms with E-state index in [2.05, 4.69) is 5.32 Å². The van der Waals surface area contributed by atoms with Gasteiger partial charge in [-0.15, -0.1) is 0 Å². The van der Waals surface area contributed by atoms with Crippen LogP contribution in [0.3, 0.4) is 0 Å². The third-order valence-corrected chi connectivity index (χ3v) is 6.42. The van der Waals surface area contributed by atoms with Crippen molar-refractivity contribution < 1.29 is 23.6 Å². The lowest BCUT2D eigenvalue weighted by molar-refractivity contribution is 0.00578. The second-order valence-electron chi connectivity index (χ2n) is 9.71. The van der Waals surface area contributed by atoms with Crippen molar-refractivity contribution in [1.29, 1.82) is 0 Å². The number of benzene rings is 3. The van der Waals surface area contributed by atoms with Crippen molar-refractivity contribution in [2.45, 2.75) is 45.5 Å². The van der Waals surface area contributed by atoms with Gasteiger partial charge in [-0.25, -0.2) is 4.79 Å². The van der Waals surface area contributed by atoms with Crippen LogP contribution in [0.25, 0.3) is 6.08 Å². The second-order valence-corrected chi connectivity index (χ2v) is 9.71. The molecule has 0 unspecified atom stereocenters. The summed E-state index contributed by atoms with van der Waals surface area (Å²) in [6.45, 7) is 8.42. The van der Waals surface area contributed by atoms with E-state index in [1.165, 1.54) is 0 Å². The largest absolute Gasteiger partial charge is 0.492 e. The fraction of sp³-hybridized carbons (Fsp3) is 0.276. The van der Waals surface area contributed by atoms with Crippen molar-refractivity contribution in [2.75, 3.05) is 6.54 Å². The van der Waals surface area contributed by atoms with Crippen LogP contribution < -0.4 is 10.1 Å². The number of ether oxygens (including phenoxy) is 2. The first kappa shape index (κ1) is 25.5. The lowest BCUT2D eigenvalue weighted by Gasteiger charge is -2.32. The Morgan fingerprint density at radius 2 is 1.39 bits per heavy atom. The van der Waals surface area contributed by atoms with E-state index in [0.717, 1.165) is 28.1 Å². The van der Waals surface area contributed by atoms with E-state index < -0.39 is 24.4 Å². The number of para-hydroxylation sites is 1. The highest BCUT2D eigenvalue weighted by atomic mass is 16.7. The molecule has 3 aromatic carbocycles. The molecule has 186 valence electrons. The number of carbonyl (C=O) groups excluding carboxylic acids is 1. The Hall–Kier alpha value is -3.55. The highest BCUT2D eigenvalue weighted by Gasteiger charge is 2.52. The molecule has 0 radical (unpaired) electrons. The van der Waals surface area contributed by atoms with E-state index in [9.17, 15) is 4.79 Å². The van der Waals surface area contributed by atoms with Gasteiger partial charge in [0.05, 0.1) is 11.2 Å². The molecule has 0 spiro atoms. The van der Waals surface area contributed by atoms with Crippen molar-refractivity contribution >= 4 is 19.3 Å². The van der Waals surface area contributed by atoms with Gasteiger partial charge in [-0.05, 0) is 68.6 Å². The van der Waals surface area contributed by atoms with E-state index in [0.29, 0.717) is 0 Å². The van der Waals surface area contributed by atoms with Crippen LogP contribution in [0.1, 0.15) is 38.8 Å². The molecule has 7 heteroatoms. The molecule has 1 saturated heterocycles. The molecule has 0 saturated carbocycles. The Morgan fingerprint density at radius 3 is 2.00 bits per heavy atom. The van der Waals surface area contributed by atoms with E-state index in [1.54, 1.807) is 0 Å². The van der Waals surface area contributed by atoms with Gasteiger partial charge in [-0.2, -0.15) is 0 Å². The predicted molar refractivity (Wildman–Crippen MR) is 142 cm³/mol. The molecule has 1 aliphatic rings. The summed E-state index contributed by atoms with van der Waals surface area (Å²) in [4.78, 5) is 12.4. The van der Waals surface area contributed by atoms with Crippen LogP contribution in [0.2, 0.25) is 0 Å². The summed E-state index contributed by atoms with van der Waals surface area (Å²) in [6, 6.07) is 26.9. The summed E-state index contributed by atoms with van der Waals surface area (Å²) in [5.74, 6) is 1.51. The van der Waals surface area contributed by atoms with Gasteiger partial charge in [0.15, 0.2) is 0 Å². The molecule has 1 fully saturated rings. The summed E-state index contributed by atoms with van der Waals surface area (Å²) < 4.78 is 23.8. The van der Waals surface area contributed by atoms with Gasteiger partial charge < -0.3 is 24.1 Å². The Balaban J connectivity index is 1.46. The molecule has 0 atom stereocenters. The maximum Gasteiger partial charge on any atom is 0.492 e. The molecule has 6 nitrogen and oxygen atoms in total. The lowest BCUT2D eigenvalue weighted by Crippen LogP contribution is -2.41. The summed E-state index contributed by atoms with van der Waals surface area (Å²) in [6.07, 6.45) is 1.46. The number of rotatable bonds is 8. The minimum absolute atomic E-state index is 0.199. The van der Waals surface area contributed by atoms with E-state index in [-0.39, 0.29) is 13.2 Å². The molecule has 1 N–H and O–H groups in total. The molecule has 1 amide bonds. The number of hydrogen-bond acceptors (Lipinski definition) is 5. The molecule has 0 aromatic heterocycles. The minimum atomic E-state index is -0.607.